The second kappa shape index (κ2) is 8.11. The van der Waals surface area contributed by atoms with Crippen molar-refractivity contribution in [3.8, 4) is 28.6 Å². The lowest BCUT2D eigenvalue weighted by atomic mass is 10.1. The van der Waals surface area contributed by atoms with Crippen molar-refractivity contribution in [1.29, 1.82) is 0 Å². The van der Waals surface area contributed by atoms with Crippen LogP contribution in [0.25, 0.3) is 11.3 Å². The van der Waals surface area contributed by atoms with E-state index in [1.807, 2.05) is 49.4 Å². The standard InChI is InChI=1S/C20H18N2O4/c1-3-25-15-11-9-14(10-12-15)17-13-21-19(18(22-17)20(23)24-2)26-16-7-5-4-6-8-16/h4-13H,3H2,1-2H3. The van der Waals surface area contributed by atoms with E-state index in [4.69, 9.17) is 14.2 Å². The first kappa shape index (κ1) is 17.4. The zero-order valence-corrected chi connectivity index (χ0v) is 14.5. The molecule has 1 aromatic heterocycles. The van der Waals surface area contributed by atoms with E-state index in [-0.39, 0.29) is 11.6 Å². The molecule has 3 rings (SSSR count). The Labute approximate surface area is 151 Å². The highest BCUT2D eigenvalue weighted by Gasteiger charge is 2.19. The molecule has 0 amide bonds. The lowest BCUT2D eigenvalue weighted by Crippen LogP contribution is -2.09. The van der Waals surface area contributed by atoms with Crippen LogP contribution in [0, 0.1) is 0 Å². The molecule has 0 radical (unpaired) electrons. The summed E-state index contributed by atoms with van der Waals surface area (Å²) in [4.78, 5) is 20.8. The fraction of sp³-hybridized carbons (Fsp3) is 0.150. The first-order chi connectivity index (χ1) is 12.7. The molecule has 2 aromatic carbocycles. The molecule has 1 heterocycles. The zero-order chi connectivity index (χ0) is 18.4. The summed E-state index contributed by atoms with van der Waals surface area (Å²) in [5, 5.41) is 0. The third kappa shape index (κ3) is 3.97. The lowest BCUT2D eigenvalue weighted by molar-refractivity contribution is 0.0590. The van der Waals surface area contributed by atoms with Crippen molar-refractivity contribution in [2.45, 2.75) is 6.92 Å². The van der Waals surface area contributed by atoms with E-state index in [0.29, 0.717) is 18.1 Å². The van der Waals surface area contributed by atoms with Gasteiger partial charge in [-0.3, -0.25) is 0 Å². The number of ether oxygens (including phenoxy) is 3. The highest BCUT2D eigenvalue weighted by molar-refractivity contribution is 5.90. The summed E-state index contributed by atoms with van der Waals surface area (Å²) >= 11 is 0. The van der Waals surface area contributed by atoms with Crippen molar-refractivity contribution in [3.05, 3.63) is 66.5 Å². The molecule has 0 aliphatic carbocycles. The van der Waals surface area contributed by atoms with Crippen molar-refractivity contribution >= 4 is 5.97 Å². The number of benzene rings is 2. The maximum absolute atomic E-state index is 12.1. The molecule has 132 valence electrons. The summed E-state index contributed by atoms with van der Waals surface area (Å²) < 4.78 is 15.9. The third-order valence-electron chi connectivity index (χ3n) is 3.54. The molecule has 0 N–H and O–H groups in total. The number of hydrogen-bond acceptors (Lipinski definition) is 6. The van der Waals surface area contributed by atoms with Crippen LogP contribution in [0.1, 0.15) is 17.4 Å². The Kier molecular flexibility index (Phi) is 5.43. The summed E-state index contributed by atoms with van der Waals surface area (Å²) in [6.45, 7) is 2.52. The molecule has 0 bridgehead atoms. The molecular weight excluding hydrogens is 332 g/mol. The van der Waals surface area contributed by atoms with Gasteiger partial charge >= 0.3 is 5.97 Å². The summed E-state index contributed by atoms with van der Waals surface area (Å²) in [6.07, 6.45) is 1.56. The Morgan fingerprint density at radius 1 is 1.00 bits per heavy atom. The molecule has 0 atom stereocenters. The minimum atomic E-state index is -0.615. The predicted octanol–water partition coefficient (Wildman–Crippen LogP) is 4.12. The normalized spacial score (nSPS) is 10.2. The smallest absolute Gasteiger partial charge is 0.362 e. The van der Waals surface area contributed by atoms with Crippen LogP contribution in [0.15, 0.2) is 60.8 Å². The second-order valence-electron chi connectivity index (χ2n) is 5.27. The summed E-state index contributed by atoms with van der Waals surface area (Å²) in [5.74, 6) is 0.802. The third-order valence-corrected chi connectivity index (χ3v) is 3.54. The molecule has 0 unspecified atom stereocenters. The van der Waals surface area contributed by atoms with Gasteiger partial charge in [-0.05, 0) is 43.3 Å². The van der Waals surface area contributed by atoms with Crippen LogP contribution >= 0.6 is 0 Å². The number of para-hydroxylation sites is 1. The molecule has 0 aliphatic rings. The Morgan fingerprint density at radius 3 is 2.38 bits per heavy atom. The van der Waals surface area contributed by atoms with E-state index in [0.717, 1.165) is 11.3 Å². The molecular formula is C20H18N2O4. The van der Waals surface area contributed by atoms with Crippen LogP contribution in [0.2, 0.25) is 0 Å². The largest absolute Gasteiger partial charge is 0.494 e. The van der Waals surface area contributed by atoms with Crippen LogP contribution in [0.3, 0.4) is 0 Å². The zero-order valence-electron chi connectivity index (χ0n) is 14.5. The molecule has 0 fully saturated rings. The maximum atomic E-state index is 12.1. The van der Waals surface area contributed by atoms with E-state index in [1.54, 1.807) is 18.3 Å². The fourth-order valence-electron chi connectivity index (χ4n) is 2.31. The lowest BCUT2D eigenvalue weighted by Gasteiger charge is -2.10. The van der Waals surface area contributed by atoms with Gasteiger partial charge < -0.3 is 14.2 Å². The second-order valence-corrected chi connectivity index (χ2v) is 5.27. The number of carbonyl (C=O) groups is 1. The highest BCUT2D eigenvalue weighted by atomic mass is 16.5. The number of esters is 1. The number of aromatic nitrogens is 2. The van der Waals surface area contributed by atoms with Crippen LogP contribution < -0.4 is 9.47 Å². The van der Waals surface area contributed by atoms with E-state index in [1.165, 1.54) is 7.11 Å². The minimum Gasteiger partial charge on any atom is -0.494 e. The van der Waals surface area contributed by atoms with Gasteiger partial charge in [-0.2, -0.15) is 0 Å². The van der Waals surface area contributed by atoms with Crippen LogP contribution in [0.5, 0.6) is 17.4 Å². The number of rotatable bonds is 6. The average Bonchev–Trinajstić information content (AvgIpc) is 2.69. The Balaban J connectivity index is 1.94. The van der Waals surface area contributed by atoms with Crippen molar-refractivity contribution < 1.29 is 19.0 Å². The van der Waals surface area contributed by atoms with Crippen molar-refractivity contribution in [1.82, 2.24) is 9.97 Å². The monoisotopic (exact) mass is 350 g/mol. The quantitative estimate of drug-likeness (QED) is 0.623. The first-order valence-electron chi connectivity index (χ1n) is 8.12. The minimum absolute atomic E-state index is 0.0164. The van der Waals surface area contributed by atoms with E-state index < -0.39 is 5.97 Å². The van der Waals surface area contributed by atoms with Crippen LogP contribution in [-0.4, -0.2) is 29.7 Å². The van der Waals surface area contributed by atoms with Gasteiger partial charge in [0.25, 0.3) is 5.88 Å². The van der Waals surface area contributed by atoms with Gasteiger partial charge in [0.15, 0.2) is 0 Å². The number of carbonyl (C=O) groups excluding carboxylic acids is 1. The Morgan fingerprint density at radius 2 is 1.73 bits per heavy atom. The maximum Gasteiger partial charge on any atom is 0.362 e. The summed E-state index contributed by atoms with van der Waals surface area (Å²) in [5.41, 5.74) is 1.36. The molecule has 0 spiro atoms. The SMILES string of the molecule is CCOc1ccc(-c2cnc(Oc3ccccc3)c(C(=O)OC)n2)cc1. The van der Waals surface area contributed by atoms with Crippen molar-refractivity contribution in [2.24, 2.45) is 0 Å². The van der Waals surface area contributed by atoms with Gasteiger partial charge in [0.05, 0.1) is 25.6 Å². The van der Waals surface area contributed by atoms with Gasteiger partial charge in [-0.25, -0.2) is 14.8 Å². The van der Waals surface area contributed by atoms with Gasteiger partial charge in [-0.1, -0.05) is 18.2 Å². The van der Waals surface area contributed by atoms with Gasteiger partial charge in [0.1, 0.15) is 11.5 Å². The Bertz CT molecular complexity index is 880. The van der Waals surface area contributed by atoms with Gasteiger partial charge in [0.2, 0.25) is 5.69 Å². The molecule has 0 aliphatic heterocycles. The molecule has 6 nitrogen and oxygen atoms in total. The Hall–Kier alpha value is -3.41. The molecule has 6 heteroatoms. The number of hydrogen-bond donors (Lipinski definition) is 0. The van der Waals surface area contributed by atoms with Crippen LogP contribution in [0.4, 0.5) is 0 Å². The molecule has 26 heavy (non-hydrogen) atoms. The fourth-order valence-corrected chi connectivity index (χ4v) is 2.31. The topological polar surface area (TPSA) is 70.5 Å². The van der Waals surface area contributed by atoms with Gasteiger partial charge in [-0.15, -0.1) is 0 Å². The molecule has 0 saturated heterocycles. The van der Waals surface area contributed by atoms with Crippen molar-refractivity contribution in [2.75, 3.05) is 13.7 Å². The van der Waals surface area contributed by atoms with E-state index in [2.05, 4.69) is 9.97 Å². The van der Waals surface area contributed by atoms with Crippen molar-refractivity contribution in [3.63, 3.8) is 0 Å². The molecule has 0 saturated carbocycles. The van der Waals surface area contributed by atoms with E-state index in [9.17, 15) is 4.79 Å². The number of nitrogens with zero attached hydrogens (tertiary/aromatic N) is 2. The van der Waals surface area contributed by atoms with E-state index >= 15 is 0 Å². The number of methoxy groups -OCH3 is 1. The van der Waals surface area contributed by atoms with Gasteiger partial charge in [0, 0.05) is 5.56 Å². The predicted molar refractivity (Wildman–Crippen MR) is 96.5 cm³/mol. The van der Waals surface area contributed by atoms with Crippen LogP contribution in [-0.2, 0) is 4.74 Å². The highest BCUT2D eigenvalue weighted by Crippen LogP contribution is 2.26. The summed E-state index contributed by atoms with van der Waals surface area (Å²) in [6, 6.07) is 16.5. The summed E-state index contributed by atoms with van der Waals surface area (Å²) in [7, 11) is 1.29. The molecule has 3 aromatic rings. The first-order valence-corrected chi connectivity index (χ1v) is 8.12. The average molecular weight is 350 g/mol.